The van der Waals surface area contributed by atoms with Gasteiger partial charge in [0.2, 0.25) is 0 Å². The molecule has 0 saturated heterocycles. The minimum atomic E-state index is -0.225. The van der Waals surface area contributed by atoms with E-state index in [4.69, 9.17) is 19.9 Å². The molecule has 0 aliphatic heterocycles. The fourth-order valence-corrected chi connectivity index (χ4v) is 11.2. The topological polar surface area (TPSA) is 105 Å². The van der Waals surface area contributed by atoms with Crippen molar-refractivity contribution in [2.45, 2.75) is 111 Å². The molecule has 37 heavy (non-hydrogen) atoms. The summed E-state index contributed by atoms with van der Waals surface area (Å²) in [5, 5.41) is 0. The van der Waals surface area contributed by atoms with Gasteiger partial charge in [0.15, 0.2) is 0 Å². The maximum absolute atomic E-state index is 12.5. The van der Waals surface area contributed by atoms with Crippen molar-refractivity contribution >= 4 is 17.9 Å². The van der Waals surface area contributed by atoms with Crippen molar-refractivity contribution in [3.8, 4) is 0 Å². The van der Waals surface area contributed by atoms with E-state index in [1.807, 2.05) is 0 Å². The number of methoxy groups -OCH3 is 1. The predicted molar refractivity (Wildman–Crippen MR) is 138 cm³/mol. The normalized spacial score (nSPS) is 48.4. The number of ether oxygens (including phenoxy) is 3. The van der Waals surface area contributed by atoms with Crippen molar-refractivity contribution in [1.82, 2.24) is 0 Å². The van der Waals surface area contributed by atoms with E-state index >= 15 is 0 Å². The summed E-state index contributed by atoms with van der Waals surface area (Å²) < 4.78 is 17.4. The first-order chi connectivity index (χ1) is 17.4. The number of esters is 3. The van der Waals surface area contributed by atoms with Gasteiger partial charge in [0.1, 0.15) is 12.2 Å². The molecule has 0 aromatic rings. The molecule has 2 spiro atoms. The summed E-state index contributed by atoms with van der Waals surface area (Å²) in [5.41, 5.74) is 6.48. The van der Waals surface area contributed by atoms with Crippen LogP contribution in [0.5, 0.6) is 0 Å². The lowest BCUT2D eigenvalue weighted by molar-refractivity contribution is -0.206. The number of fused-ring (bicyclic) bond motifs is 2. The molecule has 0 bridgehead atoms. The molecule has 0 aromatic heterocycles. The molecule has 208 valence electrons. The third kappa shape index (κ3) is 3.72. The zero-order valence-corrected chi connectivity index (χ0v) is 23.6. The Morgan fingerprint density at radius 2 is 1.73 bits per heavy atom. The summed E-state index contributed by atoms with van der Waals surface area (Å²) in [6, 6.07) is 0.208. The maximum Gasteiger partial charge on any atom is 0.305 e. The van der Waals surface area contributed by atoms with Gasteiger partial charge in [-0.05, 0) is 91.8 Å². The van der Waals surface area contributed by atoms with Gasteiger partial charge in [-0.1, -0.05) is 20.8 Å². The van der Waals surface area contributed by atoms with Crippen LogP contribution in [-0.4, -0.2) is 43.3 Å². The average Bonchev–Trinajstić information content (AvgIpc) is 3.12. The van der Waals surface area contributed by atoms with Gasteiger partial charge in [0, 0.05) is 37.6 Å². The standard InChI is InChI=1S/C30H47NO6/c1-16(7-10-26(34)35-6)22-8-9-23-27-24(36-18(3)32)14-20-13-21(31)11-12-29(20)17(2)30(27,29)15-25(28(22,23)5)37-19(4)33/h16-17,20-25,27H,7-15,31H2,1-6H3/t16-,17?,20+,21-,22-,23+,24-,25+,27?,28-,29-,30?/m1/s1. The minimum Gasteiger partial charge on any atom is -0.469 e. The zero-order valence-electron chi connectivity index (χ0n) is 23.6. The van der Waals surface area contributed by atoms with E-state index in [1.165, 1.54) is 21.0 Å². The summed E-state index contributed by atoms with van der Waals surface area (Å²) in [5.74, 6) is 1.54. The molecule has 5 saturated carbocycles. The van der Waals surface area contributed by atoms with Crippen LogP contribution in [0.4, 0.5) is 0 Å². The largest absolute Gasteiger partial charge is 0.469 e. The van der Waals surface area contributed by atoms with Crippen LogP contribution >= 0.6 is 0 Å². The number of carbonyl (C=O) groups excluding carboxylic acids is 3. The van der Waals surface area contributed by atoms with Gasteiger partial charge in [-0.3, -0.25) is 14.4 Å². The highest BCUT2D eigenvalue weighted by Crippen LogP contribution is 2.88. The molecule has 5 rings (SSSR count). The van der Waals surface area contributed by atoms with Gasteiger partial charge in [-0.15, -0.1) is 0 Å². The lowest BCUT2D eigenvalue weighted by Gasteiger charge is -2.60. The zero-order chi connectivity index (χ0) is 26.9. The molecule has 0 aromatic carbocycles. The van der Waals surface area contributed by atoms with Gasteiger partial charge in [0.05, 0.1) is 7.11 Å². The molecular weight excluding hydrogens is 470 g/mol. The van der Waals surface area contributed by atoms with Gasteiger partial charge in [-0.2, -0.15) is 0 Å². The first-order valence-electron chi connectivity index (χ1n) is 14.6. The Morgan fingerprint density at radius 3 is 2.38 bits per heavy atom. The smallest absolute Gasteiger partial charge is 0.305 e. The summed E-state index contributed by atoms with van der Waals surface area (Å²) >= 11 is 0. The number of hydrogen-bond donors (Lipinski definition) is 1. The van der Waals surface area contributed by atoms with Crippen molar-refractivity contribution in [2.75, 3.05) is 7.11 Å². The molecule has 5 fully saturated rings. The van der Waals surface area contributed by atoms with Crippen LogP contribution in [0.25, 0.3) is 0 Å². The van der Waals surface area contributed by atoms with E-state index in [0.717, 1.165) is 51.4 Å². The highest BCUT2D eigenvalue weighted by molar-refractivity contribution is 5.69. The molecule has 0 radical (unpaired) electrons. The van der Waals surface area contributed by atoms with Crippen LogP contribution < -0.4 is 5.73 Å². The summed E-state index contributed by atoms with van der Waals surface area (Å²) in [4.78, 5) is 36.8. The van der Waals surface area contributed by atoms with E-state index in [-0.39, 0.29) is 58.3 Å². The summed E-state index contributed by atoms with van der Waals surface area (Å²) in [6.07, 6.45) is 7.85. The highest BCUT2D eigenvalue weighted by atomic mass is 16.5. The van der Waals surface area contributed by atoms with Gasteiger partial charge >= 0.3 is 17.9 Å². The van der Waals surface area contributed by atoms with Crippen molar-refractivity contribution in [1.29, 1.82) is 0 Å². The molecule has 12 atom stereocenters. The Labute approximate surface area is 221 Å². The molecule has 7 nitrogen and oxygen atoms in total. The second kappa shape index (κ2) is 9.24. The minimum absolute atomic E-state index is 0.0185. The second-order valence-corrected chi connectivity index (χ2v) is 13.5. The summed E-state index contributed by atoms with van der Waals surface area (Å²) in [7, 11) is 1.44. The molecular formula is C30H47NO6. The van der Waals surface area contributed by atoms with E-state index in [1.54, 1.807) is 0 Å². The first kappa shape index (κ1) is 27.0. The van der Waals surface area contributed by atoms with E-state index in [2.05, 4.69) is 20.8 Å². The van der Waals surface area contributed by atoms with E-state index < -0.39 is 0 Å². The lowest BCUT2D eigenvalue weighted by atomic mass is 9.47. The molecule has 3 unspecified atom stereocenters. The third-order valence-electron chi connectivity index (χ3n) is 12.5. The Balaban J connectivity index is 1.55. The van der Waals surface area contributed by atoms with Crippen LogP contribution in [0.3, 0.4) is 0 Å². The van der Waals surface area contributed by atoms with Crippen LogP contribution in [0, 0.1) is 51.8 Å². The maximum atomic E-state index is 12.5. The molecule has 5 aliphatic carbocycles. The number of carbonyl (C=O) groups is 3. The fraction of sp³-hybridized carbons (Fsp3) is 0.900. The summed E-state index contributed by atoms with van der Waals surface area (Å²) in [6.45, 7) is 10.0. The SMILES string of the molecule is COC(=O)CC[C@@H](C)[C@H]1CC[C@H]2C3[C@H](OC(C)=O)C[C@@H]4C[C@H](N)CC[C@@]45C(C)C35C[C@H](OC(C)=O)[C@]12C. The molecule has 0 amide bonds. The van der Waals surface area contributed by atoms with Crippen molar-refractivity contribution in [3.63, 3.8) is 0 Å². The number of hydrogen-bond acceptors (Lipinski definition) is 7. The Kier molecular flexibility index (Phi) is 6.73. The van der Waals surface area contributed by atoms with Crippen LogP contribution in [-0.2, 0) is 28.6 Å². The van der Waals surface area contributed by atoms with Crippen molar-refractivity contribution in [2.24, 2.45) is 57.5 Å². The quantitative estimate of drug-likeness (QED) is 0.404. The molecule has 2 N–H and O–H groups in total. The van der Waals surface area contributed by atoms with Crippen molar-refractivity contribution in [3.05, 3.63) is 0 Å². The van der Waals surface area contributed by atoms with Crippen LogP contribution in [0.2, 0.25) is 0 Å². The fourth-order valence-electron chi connectivity index (χ4n) is 11.2. The Morgan fingerprint density at radius 1 is 1.03 bits per heavy atom. The van der Waals surface area contributed by atoms with E-state index in [9.17, 15) is 14.4 Å². The van der Waals surface area contributed by atoms with Gasteiger partial charge in [0.25, 0.3) is 0 Å². The van der Waals surface area contributed by atoms with Crippen molar-refractivity contribution < 1.29 is 28.6 Å². The van der Waals surface area contributed by atoms with E-state index in [0.29, 0.717) is 36.0 Å². The predicted octanol–water partition coefficient (Wildman–Crippen LogP) is 4.65. The number of nitrogens with two attached hydrogens (primary N) is 1. The molecule has 0 heterocycles. The van der Waals surface area contributed by atoms with Gasteiger partial charge < -0.3 is 19.9 Å². The Hall–Kier alpha value is -1.63. The van der Waals surface area contributed by atoms with Crippen LogP contribution in [0.15, 0.2) is 0 Å². The second-order valence-electron chi connectivity index (χ2n) is 13.5. The molecule has 5 aliphatic rings. The monoisotopic (exact) mass is 517 g/mol. The third-order valence-corrected chi connectivity index (χ3v) is 12.5. The first-order valence-corrected chi connectivity index (χ1v) is 14.6. The average molecular weight is 518 g/mol. The van der Waals surface area contributed by atoms with Crippen LogP contribution in [0.1, 0.15) is 92.4 Å². The Bertz CT molecular complexity index is 952. The highest BCUT2D eigenvalue weighted by Gasteiger charge is 2.86. The lowest BCUT2D eigenvalue weighted by Crippen LogP contribution is -2.61. The van der Waals surface area contributed by atoms with Gasteiger partial charge in [-0.25, -0.2) is 0 Å². The molecule has 7 heteroatoms. The number of rotatable bonds is 6.